The van der Waals surface area contributed by atoms with E-state index in [0.29, 0.717) is 6.42 Å². The molecule has 8 nitrogen and oxygen atoms in total. The molecule has 154 valence electrons. The van der Waals surface area contributed by atoms with E-state index in [-0.39, 0.29) is 30.1 Å². The van der Waals surface area contributed by atoms with Crippen LogP contribution in [0.25, 0.3) is 0 Å². The Morgan fingerprint density at radius 2 is 1.82 bits per heavy atom. The highest BCUT2D eigenvalue weighted by Gasteiger charge is 2.85. The summed E-state index contributed by atoms with van der Waals surface area (Å²) in [5, 5.41) is 10.6. The summed E-state index contributed by atoms with van der Waals surface area (Å²) in [5.74, 6) is -1.90. The normalized spacial score (nSPS) is 51.8. The van der Waals surface area contributed by atoms with Gasteiger partial charge < -0.3 is 24.1 Å². The lowest BCUT2D eigenvalue weighted by Gasteiger charge is -2.45. The fourth-order valence-electron chi connectivity index (χ4n) is 6.78. The van der Waals surface area contributed by atoms with Crippen molar-refractivity contribution in [2.45, 2.75) is 77.7 Å². The molecule has 1 N–H and O–H groups in total. The molecule has 9 atom stereocenters. The van der Waals surface area contributed by atoms with E-state index < -0.39 is 59.4 Å². The van der Waals surface area contributed by atoms with Gasteiger partial charge in [-0.25, -0.2) is 4.79 Å². The lowest BCUT2D eigenvalue weighted by Crippen LogP contribution is -2.52. The van der Waals surface area contributed by atoms with E-state index in [1.165, 1.54) is 0 Å². The summed E-state index contributed by atoms with van der Waals surface area (Å²) in [5.41, 5.74) is -1.80. The molecule has 6 unspecified atom stereocenters. The molecule has 0 aromatic heterocycles. The van der Waals surface area contributed by atoms with Crippen LogP contribution in [0.2, 0.25) is 0 Å². The second kappa shape index (κ2) is 5.27. The lowest BCUT2D eigenvalue weighted by molar-refractivity contribution is -0.180. The van der Waals surface area contributed by atoms with Crippen LogP contribution in [-0.2, 0) is 33.3 Å². The first-order chi connectivity index (χ1) is 13.0. The topological polar surface area (TPSA) is 108 Å². The summed E-state index contributed by atoms with van der Waals surface area (Å²) in [6.45, 7) is 7.92. The number of carbonyl (C=O) groups is 3. The monoisotopic (exact) mass is 394 g/mol. The van der Waals surface area contributed by atoms with Crippen molar-refractivity contribution < 1.29 is 38.4 Å². The van der Waals surface area contributed by atoms with Crippen LogP contribution >= 0.6 is 0 Å². The first-order valence-electron chi connectivity index (χ1n) is 9.96. The second-order valence-electron chi connectivity index (χ2n) is 10.1. The Balaban J connectivity index is 1.64. The third-order valence-electron chi connectivity index (χ3n) is 7.93. The molecule has 4 aliphatic heterocycles. The Morgan fingerprint density at radius 3 is 2.43 bits per heavy atom. The molecular formula is C20H26O8. The lowest BCUT2D eigenvalue weighted by atomic mass is 9.54. The maximum Gasteiger partial charge on any atom is 0.336 e. The number of rotatable bonds is 2. The fourth-order valence-corrected chi connectivity index (χ4v) is 6.78. The highest BCUT2D eigenvalue weighted by molar-refractivity contribution is 5.83. The van der Waals surface area contributed by atoms with Crippen molar-refractivity contribution in [1.82, 2.24) is 0 Å². The molecule has 0 radical (unpaired) electrons. The number of hydrogen-bond donors (Lipinski definition) is 1. The van der Waals surface area contributed by atoms with Crippen LogP contribution in [0.3, 0.4) is 0 Å². The van der Waals surface area contributed by atoms with Crippen molar-refractivity contribution in [3.05, 3.63) is 0 Å². The molecule has 4 saturated heterocycles. The third kappa shape index (κ3) is 1.91. The molecule has 0 aromatic rings. The Hall–Kier alpha value is -1.67. The van der Waals surface area contributed by atoms with Gasteiger partial charge in [-0.1, -0.05) is 20.8 Å². The van der Waals surface area contributed by atoms with Gasteiger partial charge in [-0.15, -0.1) is 0 Å². The average Bonchev–Trinajstić information content (AvgIpc) is 3.27. The maximum absolute atomic E-state index is 12.6. The van der Waals surface area contributed by atoms with Crippen LogP contribution in [0.5, 0.6) is 0 Å². The van der Waals surface area contributed by atoms with Gasteiger partial charge in [-0.3, -0.25) is 9.59 Å². The largest absolute Gasteiger partial charge is 0.460 e. The van der Waals surface area contributed by atoms with Gasteiger partial charge in [0.2, 0.25) is 6.29 Å². The number of aliphatic hydroxyl groups excluding tert-OH is 1. The minimum atomic E-state index is -0.973. The molecule has 0 aromatic carbocycles. The van der Waals surface area contributed by atoms with Crippen LogP contribution in [0.4, 0.5) is 0 Å². The minimum absolute atomic E-state index is 0.00576. The van der Waals surface area contributed by atoms with Crippen LogP contribution in [0, 0.1) is 28.1 Å². The van der Waals surface area contributed by atoms with E-state index in [0.717, 1.165) is 0 Å². The summed E-state index contributed by atoms with van der Waals surface area (Å²) in [6, 6.07) is 0. The van der Waals surface area contributed by atoms with Crippen LogP contribution in [0.15, 0.2) is 0 Å². The van der Waals surface area contributed by atoms with Gasteiger partial charge in [-0.05, 0) is 24.7 Å². The molecule has 5 fully saturated rings. The van der Waals surface area contributed by atoms with Gasteiger partial charge in [0.15, 0.2) is 6.10 Å². The van der Waals surface area contributed by atoms with Crippen LogP contribution in [-0.4, -0.2) is 53.7 Å². The number of cyclic esters (lactones) is 1. The maximum atomic E-state index is 12.6. The Bertz CT molecular complexity index is 771. The van der Waals surface area contributed by atoms with E-state index in [2.05, 4.69) is 20.8 Å². The predicted molar refractivity (Wildman–Crippen MR) is 91.3 cm³/mol. The summed E-state index contributed by atoms with van der Waals surface area (Å²) in [7, 11) is 0. The van der Waals surface area contributed by atoms with Crippen LogP contribution < -0.4 is 0 Å². The van der Waals surface area contributed by atoms with Crippen molar-refractivity contribution in [3.8, 4) is 0 Å². The molecule has 4 heterocycles. The molecule has 1 spiro atoms. The number of esters is 3. The van der Waals surface area contributed by atoms with Gasteiger partial charge in [0.1, 0.15) is 18.3 Å². The molecule has 1 aliphatic carbocycles. The molecule has 28 heavy (non-hydrogen) atoms. The summed E-state index contributed by atoms with van der Waals surface area (Å²) in [6.07, 6.45) is -2.97. The standard InChI is InChI=1S/C20H26O8/c1-8-13(22)9(25-15(8)23)6-20-11-5-10(18(2,3)4)19(20)7-12(21)27-17(19)28-14(20)16(24)26-11/h8-11,13-14,17,22H,5-7H2,1-4H3/t8-,9?,10-,11?,13+,14?,17?,19?,20?/m0/s1. The molecule has 0 amide bonds. The smallest absolute Gasteiger partial charge is 0.336 e. The third-order valence-corrected chi connectivity index (χ3v) is 7.93. The molecular weight excluding hydrogens is 368 g/mol. The quantitative estimate of drug-likeness (QED) is 0.544. The van der Waals surface area contributed by atoms with Crippen molar-refractivity contribution in [1.29, 1.82) is 0 Å². The van der Waals surface area contributed by atoms with Crippen molar-refractivity contribution >= 4 is 17.9 Å². The van der Waals surface area contributed by atoms with Crippen molar-refractivity contribution in [3.63, 3.8) is 0 Å². The number of aliphatic hydroxyl groups is 1. The van der Waals surface area contributed by atoms with E-state index in [9.17, 15) is 19.5 Å². The van der Waals surface area contributed by atoms with Crippen LogP contribution in [0.1, 0.15) is 47.0 Å². The average molecular weight is 394 g/mol. The molecule has 1 saturated carbocycles. The number of ether oxygens (including phenoxy) is 4. The molecule has 5 aliphatic rings. The van der Waals surface area contributed by atoms with E-state index in [1.807, 2.05) is 0 Å². The minimum Gasteiger partial charge on any atom is -0.460 e. The highest BCUT2D eigenvalue weighted by atomic mass is 16.7. The Kier molecular flexibility index (Phi) is 3.46. The zero-order valence-corrected chi connectivity index (χ0v) is 16.5. The zero-order valence-electron chi connectivity index (χ0n) is 16.5. The molecule has 5 rings (SSSR count). The zero-order chi connectivity index (χ0) is 20.2. The van der Waals surface area contributed by atoms with Gasteiger partial charge >= 0.3 is 17.9 Å². The van der Waals surface area contributed by atoms with Gasteiger partial charge in [0.25, 0.3) is 0 Å². The number of carbonyl (C=O) groups excluding carboxylic acids is 3. The van der Waals surface area contributed by atoms with Crippen molar-refractivity contribution in [2.75, 3.05) is 0 Å². The summed E-state index contributed by atoms with van der Waals surface area (Å²) in [4.78, 5) is 37.0. The molecule has 0 bridgehead atoms. The number of hydrogen-bond acceptors (Lipinski definition) is 8. The summed E-state index contributed by atoms with van der Waals surface area (Å²) < 4.78 is 22.7. The highest BCUT2D eigenvalue weighted by Crippen LogP contribution is 2.76. The van der Waals surface area contributed by atoms with Crippen molar-refractivity contribution in [2.24, 2.45) is 28.1 Å². The first kappa shape index (κ1) is 18.4. The first-order valence-corrected chi connectivity index (χ1v) is 9.96. The SMILES string of the molecule is C[C@@H]1C(=O)OC(CC23C4C[C@@H](C(C)(C)C)C25CC(=O)OC5OC3C(=O)O4)[C@@H]1O. The summed E-state index contributed by atoms with van der Waals surface area (Å²) >= 11 is 0. The van der Waals surface area contributed by atoms with E-state index in [1.54, 1.807) is 6.92 Å². The predicted octanol–water partition coefficient (Wildman–Crippen LogP) is 0.935. The van der Waals surface area contributed by atoms with E-state index in [4.69, 9.17) is 18.9 Å². The van der Waals surface area contributed by atoms with Gasteiger partial charge in [0.05, 0.1) is 23.2 Å². The second-order valence-corrected chi connectivity index (χ2v) is 10.1. The Labute approximate surface area is 162 Å². The van der Waals surface area contributed by atoms with E-state index >= 15 is 0 Å². The van der Waals surface area contributed by atoms with Gasteiger partial charge in [0, 0.05) is 6.42 Å². The Morgan fingerprint density at radius 1 is 1.11 bits per heavy atom. The fraction of sp³-hybridized carbons (Fsp3) is 0.850. The molecule has 8 heteroatoms. The van der Waals surface area contributed by atoms with Gasteiger partial charge in [-0.2, -0.15) is 0 Å².